The molecule has 1 amide bonds. The van der Waals surface area contributed by atoms with E-state index in [1.165, 1.54) is 34.6 Å². The van der Waals surface area contributed by atoms with Gasteiger partial charge in [0.1, 0.15) is 11.6 Å². The number of furan rings is 1. The summed E-state index contributed by atoms with van der Waals surface area (Å²) in [6.45, 7) is 1.71. The van der Waals surface area contributed by atoms with Gasteiger partial charge in [-0.05, 0) is 25.3 Å². The zero-order valence-corrected chi connectivity index (χ0v) is 14.1. The first-order chi connectivity index (χ1) is 12.0. The van der Waals surface area contributed by atoms with E-state index >= 15 is 0 Å². The van der Waals surface area contributed by atoms with Crippen molar-refractivity contribution in [2.75, 3.05) is 11.7 Å². The number of nitrogens with one attached hydrogen (secondary N) is 1. The Morgan fingerprint density at radius 3 is 2.84 bits per heavy atom. The average molecular weight is 359 g/mol. The zero-order chi connectivity index (χ0) is 18.0. The highest BCUT2D eigenvalue weighted by molar-refractivity contribution is 7.98. The van der Waals surface area contributed by atoms with Crippen LogP contribution in [-0.4, -0.2) is 32.0 Å². The van der Waals surface area contributed by atoms with Gasteiger partial charge in [-0.25, -0.2) is 4.68 Å². The number of benzene rings is 1. The molecule has 0 aliphatic heterocycles. The molecule has 0 radical (unpaired) electrons. The Morgan fingerprint density at radius 2 is 2.12 bits per heavy atom. The molecule has 0 atom stereocenters. The Labute approximate surface area is 146 Å². The molecule has 0 fully saturated rings. The van der Waals surface area contributed by atoms with Gasteiger partial charge in [-0.3, -0.25) is 20.3 Å². The summed E-state index contributed by atoms with van der Waals surface area (Å²) < 4.78 is 6.99. The van der Waals surface area contributed by atoms with E-state index in [9.17, 15) is 14.9 Å². The van der Waals surface area contributed by atoms with Crippen LogP contribution in [-0.2, 0) is 0 Å². The maximum Gasteiger partial charge on any atom is 0.305 e. The predicted octanol–water partition coefficient (Wildman–Crippen LogP) is 2.86. The van der Waals surface area contributed by atoms with Crippen LogP contribution in [0.15, 0.2) is 46.0 Å². The molecule has 0 aliphatic carbocycles. The molecule has 2 heterocycles. The monoisotopic (exact) mass is 359 g/mol. The van der Waals surface area contributed by atoms with Crippen LogP contribution in [0, 0.1) is 17.0 Å². The molecule has 10 heteroatoms. The van der Waals surface area contributed by atoms with Gasteiger partial charge in [-0.15, -0.1) is 10.2 Å². The fourth-order valence-electron chi connectivity index (χ4n) is 2.15. The third kappa shape index (κ3) is 3.38. The molecule has 3 rings (SSSR count). The standard InChI is InChI=1S/C15H13N5O4S/c1-9-16-17-15(25-2)19(9)18-14(21)13-7-6-12(24-13)10-4-3-5-11(8-10)20(22)23/h3-8H,1-2H3,(H,18,21). The van der Waals surface area contributed by atoms with E-state index in [2.05, 4.69) is 15.6 Å². The Hall–Kier alpha value is -3.14. The van der Waals surface area contributed by atoms with Crippen LogP contribution < -0.4 is 5.43 Å². The topological polar surface area (TPSA) is 116 Å². The number of non-ortho nitro benzene ring substituents is 1. The zero-order valence-electron chi connectivity index (χ0n) is 13.3. The van der Waals surface area contributed by atoms with Crippen molar-refractivity contribution in [1.29, 1.82) is 0 Å². The van der Waals surface area contributed by atoms with E-state index in [0.29, 0.717) is 22.3 Å². The van der Waals surface area contributed by atoms with Crippen LogP contribution in [0.5, 0.6) is 0 Å². The van der Waals surface area contributed by atoms with Crippen molar-refractivity contribution < 1.29 is 14.1 Å². The van der Waals surface area contributed by atoms with Gasteiger partial charge in [0.15, 0.2) is 5.76 Å². The molecule has 128 valence electrons. The Balaban J connectivity index is 1.83. The van der Waals surface area contributed by atoms with Crippen molar-refractivity contribution in [2.24, 2.45) is 0 Å². The van der Waals surface area contributed by atoms with Gasteiger partial charge in [-0.2, -0.15) is 0 Å². The average Bonchev–Trinajstić information content (AvgIpc) is 3.23. The maximum atomic E-state index is 12.4. The minimum atomic E-state index is -0.487. The summed E-state index contributed by atoms with van der Waals surface area (Å²) in [6.07, 6.45) is 1.82. The number of amides is 1. The molecule has 1 N–H and O–H groups in total. The molecular formula is C15H13N5O4S. The highest BCUT2D eigenvalue weighted by Crippen LogP contribution is 2.26. The number of aryl methyl sites for hydroxylation is 1. The molecule has 0 saturated carbocycles. The summed E-state index contributed by atoms with van der Waals surface area (Å²) >= 11 is 1.34. The van der Waals surface area contributed by atoms with E-state index in [1.807, 2.05) is 6.26 Å². The fraction of sp³-hybridized carbons (Fsp3) is 0.133. The lowest BCUT2D eigenvalue weighted by molar-refractivity contribution is -0.384. The molecule has 25 heavy (non-hydrogen) atoms. The third-order valence-corrected chi connectivity index (χ3v) is 3.99. The number of hydrogen-bond acceptors (Lipinski definition) is 7. The van der Waals surface area contributed by atoms with Crippen molar-refractivity contribution in [3.05, 3.63) is 58.1 Å². The predicted molar refractivity (Wildman–Crippen MR) is 91.0 cm³/mol. The van der Waals surface area contributed by atoms with Gasteiger partial charge in [0, 0.05) is 17.7 Å². The van der Waals surface area contributed by atoms with Gasteiger partial charge >= 0.3 is 5.91 Å². The summed E-state index contributed by atoms with van der Waals surface area (Å²) in [5, 5.41) is 19.2. The molecule has 0 unspecified atom stereocenters. The second kappa shape index (κ2) is 6.77. The Morgan fingerprint density at radius 1 is 1.32 bits per heavy atom. The van der Waals surface area contributed by atoms with E-state index in [1.54, 1.807) is 25.1 Å². The molecule has 0 bridgehead atoms. The number of nitrogens with zero attached hydrogens (tertiary/aromatic N) is 4. The minimum absolute atomic E-state index is 0.0513. The van der Waals surface area contributed by atoms with Crippen LogP contribution in [0.4, 0.5) is 5.69 Å². The Kier molecular flexibility index (Phi) is 4.52. The molecular weight excluding hydrogens is 346 g/mol. The van der Waals surface area contributed by atoms with Crippen molar-refractivity contribution in [3.8, 4) is 11.3 Å². The molecule has 2 aromatic heterocycles. The lowest BCUT2D eigenvalue weighted by Gasteiger charge is -2.07. The molecule has 0 aliphatic rings. The first-order valence-corrected chi connectivity index (χ1v) is 8.34. The first-order valence-electron chi connectivity index (χ1n) is 7.11. The SMILES string of the molecule is CSc1nnc(C)n1NC(=O)c1ccc(-c2cccc([N+](=O)[O-])c2)o1. The van der Waals surface area contributed by atoms with Gasteiger partial charge < -0.3 is 4.42 Å². The highest BCUT2D eigenvalue weighted by Gasteiger charge is 2.17. The smallest absolute Gasteiger partial charge is 0.305 e. The minimum Gasteiger partial charge on any atom is -0.451 e. The summed E-state index contributed by atoms with van der Waals surface area (Å²) in [6, 6.07) is 9.09. The molecule has 3 aromatic rings. The summed E-state index contributed by atoms with van der Waals surface area (Å²) in [5.41, 5.74) is 3.11. The van der Waals surface area contributed by atoms with Crippen LogP contribution in [0.3, 0.4) is 0 Å². The molecule has 9 nitrogen and oxygen atoms in total. The fourth-order valence-corrected chi connectivity index (χ4v) is 2.63. The summed E-state index contributed by atoms with van der Waals surface area (Å²) in [4.78, 5) is 22.7. The number of nitro groups is 1. The molecule has 0 saturated heterocycles. The number of carbonyl (C=O) groups excluding carboxylic acids is 1. The largest absolute Gasteiger partial charge is 0.451 e. The van der Waals surface area contributed by atoms with Crippen molar-refractivity contribution >= 4 is 23.4 Å². The van der Waals surface area contributed by atoms with Crippen molar-refractivity contribution in [1.82, 2.24) is 14.9 Å². The van der Waals surface area contributed by atoms with Crippen LogP contribution in [0.2, 0.25) is 0 Å². The number of rotatable bonds is 5. The van der Waals surface area contributed by atoms with Gasteiger partial charge in [0.2, 0.25) is 5.16 Å². The van der Waals surface area contributed by atoms with Gasteiger partial charge in [-0.1, -0.05) is 23.9 Å². The summed E-state index contributed by atoms with van der Waals surface area (Å²) in [7, 11) is 0. The molecule has 0 spiro atoms. The number of nitro benzene ring substituents is 1. The first kappa shape index (κ1) is 16.7. The van der Waals surface area contributed by atoms with Crippen molar-refractivity contribution in [3.63, 3.8) is 0 Å². The quantitative estimate of drug-likeness (QED) is 0.423. The maximum absolute atomic E-state index is 12.4. The highest BCUT2D eigenvalue weighted by atomic mass is 32.2. The van der Waals surface area contributed by atoms with E-state index in [-0.39, 0.29) is 11.4 Å². The van der Waals surface area contributed by atoms with Crippen molar-refractivity contribution in [2.45, 2.75) is 12.1 Å². The third-order valence-electron chi connectivity index (χ3n) is 3.36. The van der Waals surface area contributed by atoms with Gasteiger partial charge in [0.25, 0.3) is 5.69 Å². The normalized spacial score (nSPS) is 10.6. The van der Waals surface area contributed by atoms with E-state index < -0.39 is 10.8 Å². The second-order valence-corrected chi connectivity index (χ2v) is 5.75. The van der Waals surface area contributed by atoms with E-state index in [0.717, 1.165) is 0 Å². The van der Waals surface area contributed by atoms with Crippen LogP contribution in [0.1, 0.15) is 16.4 Å². The molecule has 1 aromatic carbocycles. The van der Waals surface area contributed by atoms with Crippen LogP contribution in [0.25, 0.3) is 11.3 Å². The summed E-state index contributed by atoms with van der Waals surface area (Å²) in [5.74, 6) is 0.485. The number of aromatic nitrogens is 3. The van der Waals surface area contributed by atoms with Crippen LogP contribution >= 0.6 is 11.8 Å². The number of hydrogen-bond donors (Lipinski definition) is 1. The van der Waals surface area contributed by atoms with Gasteiger partial charge in [0.05, 0.1) is 4.92 Å². The second-order valence-electron chi connectivity index (χ2n) is 4.98. The van der Waals surface area contributed by atoms with E-state index in [4.69, 9.17) is 4.42 Å². The number of thioether (sulfide) groups is 1. The lowest BCUT2D eigenvalue weighted by atomic mass is 10.1. The Bertz CT molecular complexity index is 949. The lowest BCUT2D eigenvalue weighted by Crippen LogP contribution is -2.24. The number of carbonyl (C=O) groups is 1.